The van der Waals surface area contributed by atoms with Crippen molar-refractivity contribution in [1.82, 2.24) is 9.80 Å². The number of carbonyl (C=O) groups is 1. The Labute approximate surface area is 189 Å². The van der Waals surface area contributed by atoms with Crippen LogP contribution in [-0.2, 0) is 4.79 Å². The molecule has 2 saturated heterocycles. The SMILES string of the molecule is CCN(CC)C1CCN(C[C@@H]2CC(=O)N(c3ccc(Cl)cc3)[C@H]2c2cccc(F)c2)C1. The molecule has 2 aromatic carbocycles. The van der Waals surface area contributed by atoms with Gasteiger partial charge in [-0.3, -0.25) is 9.69 Å². The van der Waals surface area contributed by atoms with E-state index in [9.17, 15) is 9.18 Å². The summed E-state index contributed by atoms with van der Waals surface area (Å²) in [6, 6.07) is 14.4. The fourth-order valence-corrected chi connectivity index (χ4v) is 5.46. The Kier molecular flexibility index (Phi) is 6.95. The average molecular weight is 444 g/mol. The van der Waals surface area contributed by atoms with Crippen LogP contribution in [0.3, 0.4) is 0 Å². The molecule has 0 aliphatic carbocycles. The summed E-state index contributed by atoms with van der Waals surface area (Å²) in [6.45, 7) is 9.47. The summed E-state index contributed by atoms with van der Waals surface area (Å²) in [7, 11) is 0. The van der Waals surface area contributed by atoms with Crippen LogP contribution in [0, 0.1) is 11.7 Å². The van der Waals surface area contributed by atoms with Crippen molar-refractivity contribution in [2.75, 3.05) is 37.6 Å². The number of likely N-dealkylation sites (tertiary alicyclic amines) is 1. The third-order valence-corrected chi connectivity index (χ3v) is 7.05. The Morgan fingerprint density at radius 2 is 1.87 bits per heavy atom. The van der Waals surface area contributed by atoms with Crippen LogP contribution >= 0.6 is 11.6 Å². The number of carbonyl (C=O) groups excluding carboxylic acids is 1. The molecule has 31 heavy (non-hydrogen) atoms. The van der Waals surface area contributed by atoms with E-state index in [2.05, 4.69) is 23.6 Å². The highest BCUT2D eigenvalue weighted by molar-refractivity contribution is 6.30. The highest BCUT2D eigenvalue weighted by Crippen LogP contribution is 2.42. The standard InChI is InChI=1S/C25H31ClFN3O/c1-3-29(4-2)23-12-13-28(17-23)16-19-15-24(31)30(22-10-8-20(26)9-11-22)25(19)18-6-5-7-21(27)14-18/h5-11,14,19,23,25H,3-4,12-13,15-17H2,1-2H3/t19-,23?,25-/m0/s1. The first kappa shape index (κ1) is 22.3. The molecule has 0 spiro atoms. The van der Waals surface area contributed by atoms with Crippen LogP contribution in [0.5, 0.6) is 0 Å². The van der Waals surface area contributed by atoms with Gasteiger partial charge >= 0.3 is 0 Å². The van der Waals surface area contributed by atoms with Crippen molar-refractivity contribution in [3.63, 3.8) is 0 Å². The lowest BCUT2D eigenvalue weighted by Gasteiger charge is -2.31. The van der Waals surface area contributed by atoms with Gasteiger partial charge in [0.2, 0.25) is 5.91 Å². The van der Waals surface area contributed by atoms with Crippen LogP contribution in [0.25, 0.3) is 0 Å². The lowest BCUT2D eigenvalue weighted by molar-refractivity contribution is -0.117. The molecule has 0 saturated carbocycles. The summed E-state index contributed by atoms with van der Waals surface area (Å²) < 4.78 is 14.1. The Balaban J connectivity index is 1.59. The Bertz CT molecular complexity index is 902. The van der Waals surface area contributed by atoms with Gasteiger partial charge in [-0.05, 0) is 68.0 Å². The van der Waals surface area contributed by atoms with Crippen molar-refractivity contribution in [3.05, 3.63) is 64.9 Å². The quantitative estimate of drug-likeness (QED) is 0.603. The van der Waals surface area contributed by atoms with Gasteiger partial charge in [-0.15, -0.1) is 0 Å². The Morgan fingerprint density at radius 1 is 1.13 bits per heavy atom. The highest BCUT2D eigenvalue weighted by atomic mass is 35.5. The molecule has 0 bridgehead atoms. The number of likely N-dealkylation sites (N-methyl/N-ethyl adjacent to an activating group) is 1. The molecule has 3 atom stereocenters. The molecule has 0 N–H and O–H groups in total. The predicted molar refractivity (Wildman–Crippen MR) is 124 cm³/mol. The summed E-state index contributed by atoms with van der Waals surface area (Å²) >= 11 is 6.07. The molecule has 1 amide bonds. The maximum Gasteiger partial charge on any atom is 0.227 e. The number of rotatable bonds is 7. The molecule has 6 heteroatoms. The van der Waals surface area contributed by atoms with E-state index in [-0.39, 0.29) is 23.7 Å². The van der Waals surface area contributed by atoms with Gasteiger partial charge in [0.1, 0.15) is 5.82 Å². The predicted octanol–water partition coefficient (Wildman–Crippen LogP) is 4.99. The molecule has 0 aromatic heterocycles. The summed E-state index contributed by atoms with van der Waals surface area (Å²) in [5, 5.41) is 0.633. The molecule has 2 heterocycles. The van der Waals surface area contributed by atoms with E-state index in [1.165, 1.54) is 6.07 Å². The minimum absolute atomic E-state index is 0.0843. The van der Waals surface area contributed by atoms with Crippen LogP contribution in [0.1, 0.15) is 38.3 Å². The minimum Gasteiger partial charge on any atom is -0.305 e. The summed E-state index contributed by atoms with van der Waals surface area (Å²) in [6.07, 6.45) is 1.63. The summed E-state index contributed by atoms with van der Waals surface area (Å²) in [5.41, 5.74) is 1.67. The minimum atomic E-state index is -0.269. The van der Waals surface area contributed by atoms with Gasteiger partial charge in [-0.1, -0.05) is 37.6 Å². The molecular formula is C25H31ClFN3O. The fourth-order valence-electron chi connectivity index (χ4n) is 5.33. The van der Waals surface area contributed by atoms with E-state index < -0.39 is 0 Å². The van der Waals surface area contributed by atoms with E-state index in [4.69, 9.17) is 11.6 Å². The lowest BCUT2D eigenvalue weighted by atomic mass is 9.92. The first-order valence-electron chi connectivity index (χ1n) is 11.3. The van der Waals surface area contributed by atoms with Crippen molar-refractivity contribution in [2.45, 2.75) is 38.8 Å². The molecule has 4 rings (SSSR count). The second-order valence-electron chi connectivity index (χ2n) is 8.63. The van der Waals surface area contributed by atoms with E-state index in [1.807, 2.05) is 23.1 Å². The van der Waals surface area contributed by atoms with Gasteiger partial charge in [0.25, 0.3) is 0 Å². The van der Waals surface area contributed by atoms with Crippen LogP contribution in [0.4, 0.5) is 10.1 Å². The fraction of sp³-hybridized carbons (Fsp3) is 0.480. The smallest absolute Gasteiger partial charge is 0.227 e. The van der Waals surface area contributed by atoms with Gasteiger partial charge in [-0.2, -0.15) is 0 Å². The Hall–Kier alpha value is -1.95. The molecular weight excluding hydrogens is 413 g/mol. The second-order valence-corrected chi connectivity index (χ2v) is 9.06. The molecule has 2 aromatic rings. The van der Waals surface area contributed by atoms with Crippen molar-refractivity contribution in [1.29, 1.82) is 0 Å². The lowest BCUT2D eigenvalue weighted by Crippen LogP contribution is -2.38. The van der Waals surface area contributed by atoms with Gasteiger partial charge in [0.15, 0.2) is 0 Å². The number of nitrogens with zero attached hydrogens (tertiary/aromatic N) is 3. The van der Waals surface area contributed by atoms with E-state index in [1.54, 1.807) is 24.3 Å². The third-order valence-electron chi connectivity index (χ3n) is 6.79. The largest absolute Gasteiger partial charge is 0.305 e. The van der Waals surface area contributed by atoms with E-state index in [0.717, 1.165) is 50.4 Å². The molecule has 2 aliphatic rings. The molecule has 4 nitrogen and oxygen atoms in total. The van der Waals surface area contributed by atoms with Gasteiger partial charge in [-0.25, -0.2) is 4.39 Å². The van der Waals surface area contributed by atoms with Crippen molar-refractivity contribution in [3.8, 4) is 0 Å². The van der Waals surface area contributed by atoms with E-state index in [0.29, 0.717) is 17.5 Å². The monoisotopic (exact) mass is 443 g/mol. The van der Waals surface area contributed by atoms with Crippen molar-refractivity contribution < 1.29 is 9.18 Å². The van der Waals surface area contributed by atoms with Gasteiger partial charge in [0.05, 0.1) is 6.04 Å². The second kappa shape index (κ2) is 9.68. The highest BCUT2D eigenvalue weighted by Gasteiger charge is 2.43. The number of hydrogen-bond donors (Lipinski definition) is 0. The van der Waals surface area contributed by atoms with Gasteiger partial charge < -0.3 is 9.80 Å². The normalized spacial score (nSPS) is 24.5. The third kappa shape index (κ3) is 4.79. The van der Waals surface area contributed by atoms with Crippen LogP contribution < -0.4 is 4.90 Å². The summed E-state index contributed by atoms with van der Waals surface area (Å²) in [4.78, 5) is 20.0. The van der Waals surface area contributed by atoms with Gasteiger partial charge in [0, 0.05) is 42.2 Å². The number of hydrogen-bond acceptors (Lipinski definition) is 3. The molecule has 2 fully saturated rings. The maximum atomic E-state index is 14.1. The zero-order valence-electron chi connectivity index (χ0n) is 18.3. The van der Waals surface area contributed by atoms with Crippen LogP contribution in [0.15, 0.2) is 48.5 Å². The van der Waals surface area contributed by atoms with Crippen LogP contribution in [0.2, 0.25) is 5.02 Å². The average Bonchev–Trinajstić information content (AvgIpc) is 3.34. The van der Waals surface area contributed by atoms with Crippen molar-refractivity contribution in [2.24, 2.45) is 5.92 Å². The molecule has 166 valence electrons. The number of amides is 1. The zero-order valence-corrected chi connectivity index (χ0v) is 19.1. The molecule has 2 aliphatic heterocycles. The number of benzene rings is 2. The number of anilines is 1. The first-order chi connectivity index (χ1) is 15.0. The Morgan fingerprint density at radius 3 is 2.55 bits per heavy atom. The molecule has 1 unspecified atom stereocenters. The topological polar surface area (TPSA) is 26.8 Å². The summed E-state index contributed by atoms with van der Waals surface area (Å²) in [5.74, 6) is -0.0732. The van der Waals surface area contributed by atoms with Crippen molar-refractivity contribution >= 4 is 23.2 Å². The maximum absolute atomic E-state index is 14.1. The number of halogens is 2. The van der Waals surface area contributed by atoms with Crippen LogP contribution in [-0.4, -0.2) is 54.5 Å². The zero-order chi connectivity index (χ0) is 22.0. The first-order valence-corrected chi connectivity index (χ1v) is 11.7. The molecule has 0 radical (unpaired) electrons. The van der Waals surface area contributed by atoms with E-state index >= 15 is 0 Å².